The summed E-state index contributed by atoms with van der Waals surface area (Å²) >= 11 is 0. The van der Waals surface area contributed by atoms with Crippen molar-refractivity contribution in [2.24, 2.45) is 5.41 Å². The zero-order valence-electron chi connectivity index (χ0n) is 18.1. The highest BCUT2D eigenvalue weighted by molar-refractivity contribution is 5.65. The summed E-state index contributed by atoms with van der Waals surface area (Å²) in [5.41, 5.74) is 7.72. The van der Waals surface area contributed by atoms with Crippen LogP contribution in [0, 0.1) is 19.3 Å². The Hall–Kier alpha value is -2.57. The highest BCUT2D eigenvalue weighted by atomic mass is 16.5. The zero-order valence-corrected chi connectivity index (χ0v) is 18.1. The van der Waals surface area contributed by atoms with Gasteiger partial charge in [-0.15, -0.1) is 0 Å². The SMILES string of the molecule is Cc1cc(-c2noc(-c3cncc4c3CCC(C)(C)C4)n2)cc(C)c1CC(O)CO. The number of nitrogens with zero attached hydrogens (tertiary/aromatic N) is 3. The number of rotatable bonds is 5. The molecule has 0 aliphatic heterocycles. The standard InChI is InChI=1S/C24H29N3O3/c1-14-7-16(8-15(2)20(14)9-18(29)13-28)22-26-23(30-27-22)21-12-25-11-17-10-24(3,4)6-5-19(17)21/h7-8,11-12,18,28-29H,5-6,9-10,13H2,1-4H3. The molecule has 4 rings (SSSR count). The predicted octanol–water partition coefficient (Wildman–Crippen LogP) is 3.83. The first-order valence-corrected chi connectivity index (χ1v) is 10.5. The number of pyridine rings is 1. The summed E-state index contributed by atoms with van der Waals surface area (Å²) in [5.74, 6) is 1.04. The summed E-state index contributed by atoms with van der Waals surface area (Å²) in [6, 6.07) is 4.00. The van der Waals surface area contributed by atoms with Crippen LogP contribution in [0.15, 0.2) is 29.0 Å². The molecule has 1 aliphatic carbocycles. The molecule has 1 aromatic carbocycles. The third kappa shape index (κ3) is 4.02. The molecule has 2 aromatic heterocycles. The Labute approximate surface area is 177 Å². The minimum absolute atomic E-state index is 0.249. The molecule has 0 bridgehead atoms. The van der Waals surface area contributed by atoms with E-state index < -0.39 is 6.10 Å². The fourth-order valence-electron chi connectivity index (χ4n) is 4.42. The van der Waals surface area contributed by atoms with Gasteiger partial charge >= 0.3 is 0 Å². The van der Waals surface area contributed by atoms with Crippen molar-refractivity contribution in [1.82, 2.24) is 15.1 Å². The van der Waals surface area contributed by atoms with Gasteiger partial charge in [-0.05, 0) is 78.5 Å². The number of benzene rings is 1. The van der Waals surface area contributed by atoms with Gasteiger partial charge in [-0.3, -0.25) is 4.98 Å². The molecule has 1 unspecified atom stereocenters. The van der Waals surface area contributed by atoms with Crippen LogP contribution >= 0.6 is 0 Å². The second-order valence-corrected chi connectivity index (χ2v) is 9.22. The van der Waals surface area contributed by atoms with Gasteiger partial charge < -0.3 is 14.7 Å². The minimum atomic E-state index is -0.758. The normalized spacial score (nSPS) is 16.3. The maximum absolute atomic E-state index is 9.81. The third-order valence-electron chi connectivity index (χ3n) is 6.13. The number of aliphatic hydroxyl groups is 2. The predicted molar refractivity (Wildman–Crippen MR) is 115 cm³/mol. The molecule has 158 valence electrons. The van der Waals surface area contributed by atoms with E-state index in [1.165, 1.54) is 11.1 Å². The van der Waals surface area contributed by atoms with E-state index in [-0.39, 0.29) is 12.0 Å². The molecule has 0 fully saturated rings. The molecule has 1 atom stereocenters. The monoisotopic (exact) mass is 407 g/mol. The number of hydrogen-bond donors (Lipinski definition) is 2. The number of fused-ring (bicyclic) bond motifs is 1. The lowest BCUT2D eigenvalue weighted by atomic mass is 9.74. The Bertz CT molecular complexity index is 1050. The Kier molecular flexibility index (Phi) is 5.47. The molecule has 2 N–H and O–H groups in total. The average Bonchev–Trinajstić information content (AvgIpc) is 3.19. The van der Waals surface area contributed by atoms with Gasteiger partial charge in [0.2, 0.25) is 5.82 Å². The van der Waals surface area contributed by atoms with Gasteiger partial charge in [0.05, 0.1) is 18.3 Å². The van der Waals surface area contributed by atoms with E-state index >= 15 is 0 Å². The number of aliphatic hydroxyl groups excluding tert-OH is 2. The van der Waals surface area contributed by atoms with Crippen LogP contribution in [0.3, 0.4) is 0 Å². The fraction of sp³-hybridized carbons (Fsp3) is 0.458. The lowest BCUT2D eigenvalue weighted by Gasteiger charge is -2.31. The summed E-state index contributed by atoms with van der Waals surface area (Å²) in [7, 11) is 0. The van der Waals surface area contributed by atoms with E-state index in [4.69, 9.17) is 9.63 Å². The van der Waals surface area contributed by atoms with Gasteiger partial charge in [0.15, 0.2) is 0 Å². The minimum Gasteiger partial charge on any atom is -0.394 e. The Balaban J connectivity index is 1.66. The quantitative estimate of drug-likeness (QED) is 0.668. The van der Waals surface area contributed by atoms with Crippen molar-refractivity contribution in [2.45, 2.75) is 59.5 Å². The first-order valence-electron chi connectivity index (χ1n) is 10.5. The van der Waals surface area contributed by atoms with Gasteiger partial charge in [0, 0.05) is 24.4 Å². The number of aryl methyl sites for hydroxylation is 2. The largest absolute Gasteiger partial charge is 0.394 e. The fourth-order valence-corrected chi connectivity index (χ4v) is 4.42. The van der Waals surface area contributed by atoms with Gasteiger partial charge in [0.1, 0.15) is 0 Å². The van der Waals surface area contributed by atoms with Crippen molar-refractivity contribution in [3.05, 3.63) is 52.3 Å². The first kappa shape index (κ1) is 20.7. The van der Waals surface area contributed by atoms with Crippen molar-refractivity contribution in [2.75, 3.05) is 6.61 Å². The van der Waals surface area contributed by atoms with Crippen molar-refractivity contribution >= 4 is 0 Å². The molecule has 6 nitrogen and oxygen atoms in total. The molecular weight excluding hydrogens is 378 g/mol. The molecule has 2 heterocycles. The van der Waals surface area contributed by atoms with Crippen LogP contribution in [0.4, 0.5) is 0 Å². The lowest BCUT2D eigenvalue weighted by Crippen LogP contribution is -2.22. The maximum atomic E-state index is 9.81. The molecule has 1 aliphatic rings. The third-order valence-corrected chi connectivity index (χ3v) is 6.13. The molecule has 0 amide bonds. The van der Waals surface area contributed by atoms with Crippen LogP contribution in [0.2, 0.25) is 0 Å². The van der Waals surface area contributed by atoms with E-state index in [1.54, 1.807) is 0 Å². The molecule has 3 aromatic rings. The second kappa shape index (κ2) is 7.93. The molecule has 0 radical (unpaired) electrons. The number of hydrogen-bond acceptors (Lipinski definition) is 6. The van der Waals surface area contributed by atoms with E-state index in [0.29, 0.717) is 18.1 Å². The molecule has 0 saturated heterocycles. The molecule has 30 heavy (non-hydrogen) atoms. The van der Waals surface area contributed by atoms with E-state index in [2.05, 4.69) is 29.0 Å². The van der Waals surface area contributed by atoms with E-state index in [1.807, 2.05) is 38.4 Å². The summed E-state index contributed by atoms with van der Waals surface area (Å²) < 4.78 is 5.64. The van der Waals surface area contributed by atoms with Gasteiger partial charge in [-0.2, -0.15) is 4.98 Å². The average molecular weight is 408 g/mol. The summed E-state index contributed by atoms with van der Waals surface area (Å²) in [4.78, 5) is 9.10. The first-order chi connectivity index (χ1) is 14.3. The van der Waals surface area contributed by atoms with Crippen LogP contribution in [0.25, 0.3) is 22.8 Å². The Morgan fingerprint density at radius 3 is 2.60 bits per heavy atom. The number of aromatic nitrogens is 3. The second-order valence-electron chi connectivity index (χ2n) is 9.22. The summed E-state index contributed by atoms with van der Waals surface area (Å²) in [6.07, 6.45) is 6.56. The molecule has 0 spiro atoms. The topological polar surface area (TPSA) is 92.3 Å². The van der Waals surface area contributed by atoms with Crippen molar-refractivity contribution in [3.8, 4) is 22.8 Å². The van der Waals surface area contributed by atoms with Gasteiger partial charge in [-0.1, -0.05) is 19.0 Å². The lowest BCUT2D eigenvalue weighted by molar-refractivity contribution is 0.0953. The van der Waals surface area contributed by atoms with Crippen LogP contribution in [0.5, 0.6) is 0 Å². The highest BCUT2D eigenvalue weighted by Gasteiger charge is 2.28. The van der Waals surface area contributed by atoms with Gasteiger partial charge in [0.25, 0.3) is 5.89 Å². The van der Waals surface area contributed by atoms with Crippen molar-refractivity contribution in [1.29, 1.82) is 0 Å². The zero-order chi connectivity index (χ0) is 21.5. The summed E-state index contributed by atoms with van der Waals surface area (Å²) in [6.45, 7) is 8.33. The molecule has 0 saturated carbocycles. The molecule has 6 heteroatoms. The van der Waals surface area contributed by atoms with Crippen molar-refractivity contribution in [3.63, 3.8) is 0 Å². The van der Waals surface area contributed by atoms with Gasteiger partial charge in [-0.25, -0.2) is 0 Å². The van der Waals surface area contributed by atoms with Crippen molar-refractivity contribution < 1.29 is 14.7 Å². The maximum Gasteiger partial charge on any atom is 0.260 e. The Morgan fingerprint density at radius 1 is 1.17 bits per heavy atom. The van der Waals surface area contributed by atoms with Crippen LogP contribution < -0.4 is 0 Å². The summed E-state index contributed by atoms with van der Waals surface area (Å²) in [5, 5.41) is 23.2. The highest BCUT2D eigenvalue weighted by Crippen LogP contribution is 2.38. The van der Waals surface area contributed by atoms with E-state index in [9.17, 15) is 5.11 Å². The molecular formula is C24H29N3O3. The van der Waals surface area contributed by atoms with Crippen LogP contribution in [0.1, 0.15) is 48.1 Å². The Morgan fingerprint density at radius 2 is 1.90 bits per heavy atom. The van der Waals surface area contributed by atoms with Crippen LogP contribution in [-0.2, 0) is 19.3 Å². The van der Waals surface area contributed by atoms with E-state index in [0.717, 1.165) is 47.1 Å². The van der Waals surface area contributed by atoms with Crippen LogP contribution in [-0.4, -0.2) is 38.0 Å². The smallest absolute Gasteiger partial charge is 0.260 e.